The Kier molecular flexibility index (Phi) is 4.60. The number of rotatable bonds is 6. The minimum Gasteiger partial charge on any atom is -0.507 e. The van der Waals surface area contributed by atoms with Crippen molar-refractivity contribution in [3.8, 4) is 5.75 Å². The van der Waals surface area contributed by atoms with E-state index in [0.717, 1.165) is 41.4 Å². The van der Waals surface area contributed by atoms with Crippen molar-refractivity contribution in [1.29, 1.82) is 0 Å². The van der Waals surface area contributed by atoms with E-state index in [9.17, 15) is 5.11 Å². The third kappa shape index (κ3) is 3.21. The SMILES string of the molecule is CCCC(CC)c1cccc(Cn2nc3ccccc3n2)c1O. The average Bonchev–Trinajstić information content (AvgIpc) is 2.97. The Morgan fingerprint density at radius 2 is 1.70 bits per heavy atom. The summed E-state index contributed by atoms with van der Waals surface area (Å²) in [5.74, 6) is 0.804. The third-order valence-corrected chi connectivity index (χ3v) is 4.36. The zero-order chi connectivity index (χ0) is 16.2. The van der Waals surface area contributed by atoms with E-state index in [-0.39, 0.29) is 0 Å². The molecule has 0 amide bonds. The summed E-state index contributed by atoms with van der Waals surface area (Å²) in [6.07, 6.45) is 3.25. The Morgan fingerprint density at radius 3 is 2.30 bits per heavy atom. The van der Waals surface area contributed by atoms with Crippen molar-refractivity contribution in [3.63, 3.8) is 0 Å². The van der Waals surface area contributed by atoms with Crippen LogP contribution in [0.2, 0.25) is 0 Å². The second kappa shape index (κ2) is 6.82. The largest absolute Gasteiger partial charge is 0.507 e. The maximum Gasteiger partial charge on any atom is 0.124 e. The average molecular weight is 309 g/mol. The molecule has 4 heteroatoms. The second-order valence-electron chi connectivity index (χ2n) is 5.97. The van der Waals surface area contributed by atoms with Crippen molar-refractivity contribution in [2.24, 2.45) is 0 Å². The van der Waals surface area contributed by atoms with Crippen molar-refractivity contribution in [1.82, 2.24) is 15.0 Å². The smallest absolute Gasteiger partial charge is 0.124 e. The van der Waals surface area contributed by atoms with Crippen LogP contribution in [0.3, 0.4) is 0 Å². The molecular weight excluding hydrogens is 286 g/mol. The van der Waals surface area contributed by atoms with E-state index in [2.05, 4.69) is 24.0 Å². The van der Waals surface area contributed by atoms with E-state index >= 15 is 0 Å². The van der Waals surface area contributed by atoms with Crippen LogP contribution in [0.1, 0.15) is 50.2 Å². The van der Waals surface area contributed by atoms with E-state index in [1.165, 1.54) is 0 Å². The number of hydrogen-bond donors (Lipinski definition) is 1. The summed E-state index contributed by atoms with van der Waals surface area (Å²) >= 11 is 0. The van der Waals surface area contributed by atoms with Gasteiger partial charge in [0, 0.05) is 5.56 Å². The molecule has 0 aliphatic carbocycles. The standard InChI is InChI=1S/C19H23N3O/c1-3-8-14(4-2)16-10-7-9-15(19(16)23)13-22-20-17-11-5-6-12-18(17)21-22/h5-7,9-12,14,23H,3-4,8,13H2,1-2H3. The fourth-order valence-electron chi connectivity index (χ4n) is 3.12. The Hall–Kier alpha value is -2.36. The number of phenolic OH excluding ortho intramolecular Hbond substituents is 1. The van der Waals surface area contributed by atoms with Crippen LogP contribution in [0.5, 0.6) is 5.75 Å². The summed E-state index contributed by atoms with van der Waals surface area (Å²) in [5, 5.41) is 19.6. The van der Waals surface area contributed by atoms with Crippen LogP contribution in [0, 0.1) is 0 Å². The van der Waals surface area contributed by atoms with Gasteiger partial charge in [-0.15, -0.1) is 0 Å². The highest BCUT2D eigenvalue weighted by atomic mass is 16.3. The minimum atomic E-state index is 0.397. The minimum absolute atomic E-state index is 0.397. The molecule has 0 bridgehead atoms. The maximum atomic E-state index is 10.7. The van der Waals surface area contributed by atoms with Gasteiger partial charge < -0.3 is 5.11 Å². The molecule has 1 N–H and O–H groups in total. The molecule has 23 heavy (non-hydrogen) atoms. The normalized spacial score (nSPS) is 12.6. The van der Waals surface area contributed by atoms with Gasteiger partial charge in [0.1, 0.15) is 16.8 Å². The van der Waals surface area contributed by atoms with E-state index in [4.69, 9.17) is 0 Å². The lowest BCUT2D eigenvalue weighted by Gasteiger charge is -2.17. The molecule has 2 aromatic carbocycles. The predicted molar refractivity (Wildman–Crippen MR) is 92.7 cm³/mol. The fraction of sp³-hybridized carbons (Fsp3) is 0.368. The summed E-state index contributed by atoms with van der Waals surface area (Å²) in [6.45, 7) is 4.84. The van der Waals surface area contributed by atoms with E-state index < -0.39 is 0 Å². The molecule has 3 rings (SSSR count). The summed E-state index contributed by atoms with van der Waals surface area (Å²) in [6, 6.07) is 13.8. The Labute approximate surface area is 136 Å². The molecule has 1 unspecified atom stereocenters. The molecule has 1 heterocycles. The van der Waals surface area contributed by atoms with Gasteiger partial charge in [-0.25, -0.2) is 0 Å². The Morgan fingerprint density at radius 1 is 1.00 bits per heavy atom. The topological polar surface area (TPSA) is 50.9 Å². The van der Waals surface area contributed by atoms with Gasteiger partial charge in [0.2, 0.25) is 0 Å². The van der Waals surface area contributed by atoms with Gasteiger partial charge in [-0.05, 0) is 36.5 Å². The number of phenols is 1. The highest BCUT2D eigenvalue weighted by Gasteiger charge is 2.16. The predicted octanol–water partition coefficient (Wildman–Crippen LogP) is 4.48. The van der Waals surface area contributed by atoms with Gasteiger partial charge in [-0.2, -0.15) is 15.0 Å². The molecule has 120 valence electrons. The number of aromatic hydroxyl groups is 1. The monoisotopic (exact) mass is 309 g/mol. The lowest BCUT2D eigenvalue weighted by Crippen LogP contribution is -2.06. The third-order valence-electron chi connectivity index (χ3n) is 4.36. The molecule has 3 aromatic rings. The number of para-hydroxylation sites is 1. The number of fused-ring (bicyclic) bond motifs is 1. The van der Waals surface area contributed by atoms with Gasteiger partial charge in [-0.1, -0.05) is 50.6 Å². The number of benzene rings is 2. The van der Waals surface area contributed by atoms with Gasteiger partial charge in [-0.3, -0.25) is 0 Å². The first-order valence-electron chi connectivity index (χ1n) is 8.33. The molecule has 0 saturated heterocycles. The van der Waals surface area contributed by atoms with Crippen molar-refractivity contribution < 1.29 is 5.11 Å². The van der Waals surface area contributed by atoms with Gasteiger partial charge in [0.25, 0.3) is 0 Å². The summed E-state index contributed by atoms with van der Waals surface area (Å²) < 4.78 is 0. The van der Waals surface area contributed by atoms with E-state index in [1.54, 1.807) is 4.80 Å². The van der Waals surface area contributed by atoms with Gasteiger partial charge >= 0.3 is 0 Å². The fourth-order valence-corrected chi connectivity index (χ4v) is 3.12. The van der Waals surface area contributed by atoms with Crippen LogP contribution in [-0.4, -0.2) is 20.1 Å². The molecule has 0 fully saturated rings. The van der Waals surface area contributed by atoms with Crippen molar-refractivity contribution in [2.75, 3.05) is 0 Å². The highest BCUT2D eigenvalue weighted by Crippen LogP contribution is 2.34. The summed E-state index contributed by atoms with van der Waals surface area (Å²) in [4.78, 5) is 1.66. The zero-order valence-corrected chi connectivity index (χ0v) is 13.7. The molecule has 4 nitrogen and oxygen atoms in total. The van der Waals surface area contributed by atoms with Gasteiger partial charge in [0.05, 0.1) is 6.54 Å². The molecule has 0 aliphatic rings. The van der Waals surface area contributed by atoms with Crippen molar-refractivity contribution in [2.45, 2.75) is 45.6 Å². The lowest BCUT2D eigenvalue weighted by atomic mass is 9.90. The number of nitrogens with zero attached hydrogens (tertiary/aromatic N) is 3. The molecule has 1 aromatic heterocycles. The Balaban J connectivity index is 1.90. The first-order chi connectivity index (χ1) is 11.2. The molecule has 0 radical (unpaired) electrons. The summed E-state index contributed by atoms with van der Waals surface area (Å²) in [7, 11) is 0. The van der Waals surface area contributed by atoms with Crippen LogP contribution >= 0.6 is 0 Å². The number of hydrogen-bond acceptors (Lipinski definition) is 3. The zero-order valence-electron chi connectivity index (χ0n) is 13.7. The van der Waals surface area contributed by atoms with Crippen LogP contribution in [-0.2, 0) is 6.54 Å². The van der Waals surface area contributed by atoms with Crippen LogP contribution in [0.4, 0.5) is 0 Å². The van der Waals surface area contributed by atoms with Crippen molar-refractivity contribution >= 4 is 11.0 Å². The summed E-state index contributed by atoms with van der Waals surface area (Å²) in [5.41, 5.74) is 3.67. The van der Waals surface area contributed by atoms with Crippen LogP contribution < -0.4 is 0 Å². The molecular formula is C19H23N3O. The van der Waals surface area contributed by atoms with E-state index in [1.807, 2.05) is 42.5 Å². The maximum absolute atomic E-state index is 10.7. The highest BCUT2D eigenvalue weighted by molar-refractivity contribution is 5.73. The lowest BCUT2D eigenvalue weighted by molar-refractivity contribution is 0.441. The first kappa shape index (κ1) is 15.5. The van der Waals surface area contributed by atoms with Crippen LogP contribution in [0.15, 0.2) is 42.5 Å². The first-order valence-corrected chi connectivity index (χ1v) is 8.33. The second-order valence-corrected chi connectivity index (χ2v) is 5.97. The van der Waals surface area contributed by atoms with E-state index in [0.29, 0.717) is 18.2 Å². The van der Waals surface area contributed by atoms with Crippen molar-refractivity contribution in [3.05, 3.63) is 53.6 Å². The quantitative estimate of drug-likeness (QED) is 0.730. The molecule has 0 spiro atoms. The van der Waals surface area contributed by atoms with Gasteiger partial charge in [0.15, 0.2) is 0 Å². The molecule has 1 atom stereocenters. The number of aromatic nitrogens is 3. The van der Waals surface area contributed by atoms with Crippen LogP contribution in [0.25, 0.3) is 11.0 Å². The Bertz CT molecular complexity index is 761. The molecule has 0 aliphatic heterocycles. The molecule has 0 saturated carbocycles.